The highest BCUT2D eigenvalue weighted by molar-refractivity contribution is 6.29. The van der Waals surface area contributed by atoms with Crippen molar-refractivity contribution in [1.29, 1.82) is 0 Å². The van der Waals surface area contributed by atoms with Crippen LogP contribution in [0.5, 0.6) is 0 Å². The van der Waals surface area contributed by atoms with Crippen LogP contribution in [0.3, 0.4) is 0 Å². The molecule has 12 heavy (non-hydrogen) atoms. The summed E-state index contributed by atoms with van der Waals surface area (Å²) < 4.78 is 2.06. The van der Waals surface area contributed by atoms with Crippen molar-refractivity contribution in [3.05, 3.63) is 17.2 Å². The molecule has 66 valence electrons. The van der Waals surface area contributed by atoms with Gasteiger partial charge in [-0.05, 0) is 12.8 Å². The Labute approximate surface area is 76.5 Å². The molecule has 0 amide bonds. The third-order valence-electron chi connectivity index (χ3n) is 2.40. The lowest BCUT2D eigenvalue weighted by molar-refractivity contribution is 0.405. The van der Waals surface area contributed by atoms with E-state index >= 15 is 0 Å². The number of fused-ring (bicyclic) bond motifs is 1. The van der Waals surface area contributed by atoms with Crippen molar-refractivity contribution in [3.63, 3.8) is 0 Å². The van der Waals surface area contributed by atoms with Crippen LogP contribution < -0.4 is 5.73 Å². The molecule has 2 rings (SSSR count). The summed E-state index contributed by atoms with van der Waals surface area (Å²) in [4.78, 5) is 4.23. The predicted molar refractivity (Wildman–Crippen MR) is 48.3 cm³/mol. The number of aromatic nitrogens is 2. The lowest BCUT2D eigenvalue weighted by atomic mass is 10.1. The largest absolute Gasteiger partial charge is 0.328 e. The van der Waals surface area contributed by atoms with Gasteiger partial charge in [-0.2, -0.15) is 0 Å². The molecule has 0 aliphatic carbocycles. The Bertz CT molecular complexity index is 282. The van der Waals surface area contributed by atoms with Gasteiger partial charge in [-0.3, -0.25) is 0 Å². The average Bonchev–Trinajstić information content (AvgIpc) is 2.48. The van der Waals surface area contributed by atoms with Gasteiger partial charge in [0.15, 0.2) is 0 Å². The van der Waals surface area contributed by atoms with Crippen molar-refractivity contribution < 1.29 is 0 Å². The zero-order chi connectivity index (χ0) is 8.55. The zero-order valence-corrected chi connectivity index (χ0v) is 7.59. The third-order valence-corrected chi connectivity index (χ3v) is 2.68. The summed E-state index contributed by atoms with van der Waals surface area (Å²) >= 11 is 5.98. The molecule has 4 heteroatoms. The lowest BCUT2D eigenvalue weighted by Crippen LogP contribution is -2.24. The standard InChI is InChI=1S/C8H12ClN3/c9-7-5-11-8-3-1-2-6(4-10)12(7)8/h5-6H,1-4,10H2. The molecule has 1 aliphatic heterocycles. The first kappa shape index (κ1) is 8.08. The van der Waals surface area contributed by atoms with Crippen LogP contribution >= 0.6 is 11.6 Å². The number of halogens is 1. The molecular weight excluding hydrogens is 174 g/mol. The molecule has 1 unspecified atom stereocenters. The number of imidazole rings is 1. The quantitative estimate of drug-likeness (QED) is 0.719. The number of hydrogen-bond acceptors (Lipinski definition) is 2. The normalized spacial score (nSPS) is 22.3. The first-order valence-electron chi connectivity index (χ1n) is 4.24. The van der Waals surface area contributed by atoms with Crippen LogP contribution in [0.2, 0.25) is 5.15 Å². The molecule has 2 N–H and O–H groups in total. The Kier molecular flexibility index (Phi) is 2.07. The van der Waals surface area contributed by atoms with Crippen LogP contribution in [0.1, 0.15) is 24.7 Å². The fourth-order valence-electron chi connectivity index (χ4n) is 1.79. The Hall–Kier alpha value is -0.540. The maximum Gasteiger partial charge on any atom is 0.129 e. The fraction of sp³-hybridized carbons (Fsp3) is 0.625. The summed E-state index contributed by atoms with van der Waals surface area (Å²) in [7, 11) is 0. The van der Waals surface area contributed by atoms with E-state index in [-0.39, 0.29) is 0 Å². The van der Waals surface area contributed by atoms with Gasteiger partial charge in [0.25, 0.3) is 0 Å². The van der Waals surface area contributed by atoms with Crippen molar-refractivity contribution in [2.24, 2.45) is 5.73 Å². The number of aryl methyl sites for hydroxylation is 1. The van der Waals surface area contributed by atoms with Crippen LogP contribution in [0.25, 0.3) is 0 Å². The molecule has 1 aliphatic rings. The van der Waals surface area contributed by atoms with E-state index in [4.69, 9.17) is 17.3 Å². The SMILES string of the molecule is NCC1CCCc2ncc(Cl)n21. The number of hydrogen-bond donors (Lipinski definition) is 1. The molecule has 0 fully saturated rings. The molecule has 1 aromatic heterocycles. The van der Waals surface area contributed by atoms with Crippen molar-refractivity contribution in [1.82, 2.24) is 9.55 Å². The minimum absolute atomic E-state index is 0.365. The molecule has 0 spiro atoms. The van der Waals surface area contributed by atoms with Crippen LogP contribution in [0.4, 0.5) is 0 Å². The van der Waals surface area contributed by atoms with Crippen LogP contribution in [-0.4, -0.2) is 16.1 Å². The third kappa shape index (κ3) is 1.13. The fourth-order valence-corrected chi connectivity index (χ4v) is 2.08. The number of nitrogens with zero attached hydrogens (tertiary/aromatic N) is 2. The van der Waals surface area contributed by atoms with Gasteiger partial charge in [-0.25, -0.2) is 4.98 Å². The Morgan fingerprint density at radius 3 is 3.33 bits per heavy atom. The smallest absolute Gasteiger partial charge is 0.129 e. The lowest BCUT2D eigenvalue weighted by Gasteiger charge is -2.24. The first-order chi connectivity index (χ1) is 5.83. The van der Waals surface area contributed by atoms with Crippen LogP contribution in [-0.2, 0) is 6.42 Å². The van der Waals surface area contributed by atoms with Crippen LogP contribution in [0, 0.1) is 0 Å². The summed E-state index contributed by atoms with van der Waals surface area (Å²) in [6.45, 7) is 0.656. The van der Waals surface area contributed by atoms with E-state index in [2.05, 4.69) is 9.55 Å². The summed E-state index contributed by atoms with van der Waals surface area (Å²) in [5, 5.41) is 0.722. The molecule has 2 heterocycles. The van der Waals surface area contributed by atoms with E-state index in [1.165, 1.54) is 6.42 Å². The van der Waals surface area contributed by atoms with Gasteiger partial charge in [0.2, 0.25) is 0 Å². The van der Waals surface area contributed by atoms with E-state index in [1.807, 2.05) is 0 Å². The van der Waals surface area contributed by atoms with Crippen molar-refractivity contribution >= 4 is 11.6 Å². The topological polar surface area (TPSA) is 43.8 Å². The number of rotatable bonds is 1. The minimum Gasteiger partial charge on any atom is -0.328 e. The second kappa shape index (κ2) is 3.07. The van der Waals surface area contributed by atoms with Gasteiger partial charge in [-0.1, -0.05) is 11.6 Å². The Morgan fingerprint density at radius 1 is 1.75 bits per heavy atom. The maximum atomic E-state index is 5.98. The summed E-state index contributed by atoms with van der Waals surface area (Å²) in [6.07, 6.45) is 5.04. The minimum atomic E-state index is 0.365. The highest BCUT2D eigenvalue weighted by Gasteiger charge is 2.20. The van der Waals surface area contributed by atoms with Crippen molar-refractivity contribution in [2.75, 3.05) is 6.54 Å². The van der Waals surface area contributed by atoms with Gasteiger partial charge < -0.3 is 10.3 Å². The summed E-state index contributed by atoms with van der Waals surface area (Å²) in [6, 6.07) is 0.365. The number of nitrogens with two attached hydrogens (primary N) is 1. The molecule has 0 saturated carbocycles. The Morgan fingerprint density at radius 2 is 2.58 bits per heavy atom. The van der Waals surface area contributed by atoms with Gasteiger partial charge in [0.1, 0.15) is 11.0 Å². The molecule has 3 nitrogen and oxygen atoms in total. The molecule has 0 saturated heterocycles. The highest BCUT2D eigenvalue weighted by Crippen LogP contribution is 2.27. The highest BCUT2D eigenvalue weighted by atomic mass is 35.5. The van der Waals surface area contributed by atoms with Crippen molar-refractivity contribution in [2.45, 2.75) is 25.3 Å². The van der Waals surface area contributed by atoms with E-state index in [9.17, 15) is 0 Å². The average molecular weight is 186 g/mol. The van der Waals surface area contributed by atoms with Gasteiger partial charge >= 0.3 is 0 Å². The second-order valence-corrected chi connectivity index (χ2v) is 3.54. The van der Waals surface area contributed by atoms with Crippen LogP contribution in [0.15, 0.2) is 6.20 Å². The van der Waals surface area contributed by atoms with Gasteiger partial charge in [0.05, 0.1) is 6.20 Å². The zero-order valence-electron chi connectivity index (χ0n) is 6.83. The van der Waals surface area contributed by atoms with E-state index in [0.717, 1.165) is 23.8 Å². The molecule has 1 aromatic rings. The van der Waals surface area contributed by atoms with E-state index in [0.29, 0.717) is 12.6 Å². The molecule has 0 radical (unpaired) electrons. The van der Waals surface area contributed by atoms with E-state index < -0.39 is 0 Å². The molecular formula is C8H12ClN3. The Balaban J connectivity index is 2.41. The second-order valence-electron chi connectivity index (χ2n) is 3.15. The van der Waals surface area contributed by atoms with Crippen molar-refractivity contribution in [3.8, 4) is 0 Å². The molecule has 0 aromatic carbocycles. The predicted octanol–water partition coefficient (Wildman–Crippen LogP) is 1.37. The summed E-state index contributed by atoms with van der Waals surface area (Å²) in [5.74, 6) is 1.08. The van der Waals surface area contributed by atoms with E-state index in [1.54, 1.807) is 6.20 Å². The monoisotopic (exact) mass is 185 g/mol. The van der Waals surface area contributed by atoms with Gasteiger partial charge in [0, 0.05) is 19.0 Å². The maximum absolute atomic E-state index is 5.98. The molecule has 1 atom stereocenters. The summed E-state index contributed by atoms with van der Waals surface area (Å²) in [5.41, 5.74) is 5.64. The first-order valence-corrected chi connectivity index (χ1v) is 4.62. The molecule has 0 bridgehead atoms. The van der Waals surface area contributed by atoms with Gasteiger partial charge in [-0.15, -0.1) is 0 Å².